The molecule has 136 valence electrons. The number of nitrogens with zero attached hydrogens (tertiary/aromatic N) is 1. The molecule has 0 fully saturated rings. The van der Waals surface area contributed by atoms with E-state index < -0.39 is 23.0 Å². The van der Waals surface area contributed by atoms with Gasteiger partial charge in [0.2, 0.25) is 11.8 Å². The summed E-state index contributed by atoms with van der Waals surface area (Å²) in [4.78, 5) is 27.2. The molecule has 1 N–H and O–H groups in total. The SMILES string of the molecule is CC(C)(C(=O)Nc1ccc(F)c(F)c1)C(=O)N1CCc2ccccc2C1. The fraction of sp³-hybridized carbons (Fsp3) is 0.300. The Morgan fingerprint density at radius 1 is 1.04 bits per heavy atom. The van der Waals surface area contributed by atoms with Crippen molar-refractivity contribution in [3.05, 3.63) is 65.2 Å². The van der Waals surface area contributed by atoms with Crippen molar-refractivity contribution in [2.45, 2.75) is 26.8 Å². The maximum Gasteiger partial charge on any atom is 0.239 e. The van der Waals surface area contributed by atoms with E-state index in [1.165, 1.54) is 25.5 Å². The lowest BCUT2D eigenvalue weighted by molar-refractivity contribution is -0.147. The number of amides is 2. The minimum Gasteiger partial charge on any atom is -0.337 e. The second kappa shape index (κ2) is 6.86. The van der Waals surface area contributed by atoms with Crippen LogP contribution in [0.4, 0.5) is 14.5 Å². The summed E-state index contributed by atoms with van der Waals surface area (Å²) in [5.41, 5.74) is 1.06. The molecule has 0 saturated heterocycles. The molecule has 0 atom stereocenters. The van der Waals surface area contributed by atoms with Crippen molar-refractivity contribution in [2.75, 3.05) is 11.9 Å². The van der Waals surface area contributed by atoms with Crippen molar-refractivity contribution in [1.29, 1.82) is 0 Å². The monoisotopic (exact) mass is 358 g/mol. The maximum atomic E-state index is 13.3. The van der Waals surface area contributed by atoms with E-state index in [9.17, 15) is 18.4 Å². The molecular formula is C20H20F2N2O2. The molecule has 1 aliphatic heterocycles. The van der Waals surface area contributed by atoms with Gasteiger partial charge in [0.1, 0.15) is 5.41 Å². The summed E-state index contributed by atoms with van der Waals surface area (Å²) < 4.78 is 26.3. The van der Waals surface area contributed by atoms with E-state index >= 15 is 0 Å². The minimum atomic E-state index is -1.34. The van der Waals surface area contributed by atoms with Crippen LogP contribution in [0.3, 0.4) is 0 Å². The van der Waals surface area contributed by atoms with E-state index in [1.54, 1.807) is 4.90 Å². The minimum absolute atomic E-state index is 0.110. The molecule has 2 aromatic rings. The molecule has 4 nitrogen and oxygen atoms in total. The highest BCUT2D eigenvalue weighted by Gasteiger charge is 2.40. The normalized spacial score (nSPS) is 13.9. The number of fused-ring (bicyclic) bond motifs is 1. The van der Waals surface area contributed by atoms with Crippen LogP contribution in [0.15, 0.2) is 42.5 Å². The van der Waals surface area contributed by atoms with Gasteiger partial charge in [-0.05, 0) is 43.5 Å². The average Bonchev–Trinajstić information content (AvgIpc) is 2.63. The lowest BCUT2D eigenvalue weighted by atomic mass is 9.88. The van der Waals surface area contributed by atoms with E-state index in [0.29, 0.717) is 13.1 Å². The molecule has 1 aliphatic rings. The summed E-state index contributed by atoms with van der Waals surface area (Å²) in [5.74, 6) is -2.91. The second-order valence-corrected chi connectivity index (χ2v) is 6.95. The number of anilines is 1. The van der Waals surface area contributed by atoms with Crippen LogP contribution < -0.4 is 5.32 Å². The van der Waals surface area contributed by atoms with E-state index in [4.69, 9.17) is 0 Å². The Bertz CT molecular complexity index is 865. The van der Waals surface area contributed by atoms with Gasteiger partial charge in [-0.25, -0.2) is 8.78 Å². The van der Waals surface area contributed by atoms with Crippen LogP contribution in [0, 0.1) is 17.0 Å². The summed E-state index contributed by atoms with van der Waals surface area (Å²) in [6.07, 6.45) is 0.739. The van der Waals surface area contributed by atoms with Crippen LogP contribution in [0.5, 0.6) is 0 Å². The Kier molecular flexibility index (Phi) is 4.76. The summed E-state index contributed by atoms with van der Waals surface area (Å²) >= 11 is 0. The lowest BCUT2D eigenvalue weighted by Crippen LogP contribution is -2.48. The topological polar surface area (TPSA) is 49.4 Å². The third-order valence-corrected chi connectivity index (χ3v) is 4.70. The molecule has 0 unspecified atom stereocenters. The maximum absolute atomic E-state index is 13.3. The fourth-order valence-corrected chi connectivity index (χ4v) is 3.02. The molecule has 1 heterocycles. The van der Waals surface area contributed by atoms with E-state index in [2.05, 4.69) is 5.32 Å². The van der Waals surface area contributed by atoms with Gasteiger partial charge in [-0.1, -0.05) is 24.3 Å². The zero-order valence-electron chi connectivity index (χ0n) is 14.7. The molecule has 26 heavy (non-hydrogen) atoms. The zero-order valence-corrected chi connectivity index (χ0v) is 14.7. The first-order valence-electron chi connectivity index (χ1n) is 8.41. The van der Waals surface area contributed by atoms with Gasteiger partial charge in [0.15, 0.2) is 11.6 Å². The standard InChI is InChI=1S/C20H20F2N2O2/c1-20(2,18(25)23-15-7-8-16(21)17(22)11-15)19(26)24-10-9-13-5-3-4-6-14(13)12-24/h3-8,11H,9-10,12H2,1-2H3,(H,23,25). The Morgan fingerprint density at radius 2 is 1.73 bits per heavy atom. The Balaban J connectivity index is 1.73. The van der Waals surface area contributed by atoms with E-state index in [-0.39, 0.29) is 11.6 Å². The first kappa shape index (κ1) is 18.0. The number of carbonyl (C=O) groups excluding carboxylic acids is 2. The van der Waals surface area contributed by atoms with Crippen molar-refractivity contribution in [2.24, 2.45) is 5.41 Å². The molecular weight excluding hydrogens is 338 g/mol. The van der Waals surface area contributed by atoms with Gasteiger partial charge in [0.05, 0.1) is 0 Å². The van der Waals surface area contributed by atoms with E-state index in [1.807, 2.05) is 24.3 Å². The molecule has 0 aliphatic carbocycles. The molecule has 0 bridgehead atoms. The third-order valence-electron chi connectivity index (χ3n) is 4.70. The van der Waals surface area contributed by atoms with Crippen molar-refractivity contribution in [3.8, 4) is 0 Å². The quantitative estimate of drug-likeness (QED) is 0.854. The highest BCUT2D eigenvalue weighted by atomic mass is 19.2. The third kappa shape index (κ3) is 3.45. The highest BCUT2D eigenvalue weighted by Crippen LogP contribution is 2.27. The van der Waals surface area contributed by atoms with Gasteiger partial charge in [-0.3, -0.25) is 9.59 Å². The first-order valence-corrected chi connectivity index (χ1v) is 8.41. The predicted octanol–water partition coefficient (Wildman–Crippen LogP) is 3.51. The summed E-state index contributed by atoms with van der Waals surface area (Å²) in [7, 11) is 0. The van der Waals surface area contributed by atoms with Gasteiger partial charge in [0.25, 0.3) is 0 Å². The highest BCUT2D eigenvalue weighted by molar-refractivity contribution is 6.09. The van der Waals surface area contributed by atoms with Crippen molar-refractivity contribution in [3.63, 3.8) is 0 Å². The van der Waals surface area contributed by atoms with E-state index in [0.717, 1.165) is 24.1 Å². The summed E-state index contributed by atoms with van der Waals surface area (Å²) in [6.45, 7) is 4.06. The largest absolute Gasteiger partial charge is 0.337 e. The number of rotatable bonds is 3. The molecule has 0 spiro atoms. The summed E-state index contributed by atoms with van der Waals surface area (Å²) in [5, 5.41) is 2.50. The fourth-order valence-electron chi connectivity index (χ4n) is 3.02. The zero-order chi connectivity index (χ0) is 18.9. The van der Waals surface area contributed by atoms with Crippen LogP contribution in [0.25, 0.3) is 0 Å². The van der Waals surface area contributed by atoms with Crippen LogP contribution in [0.2, 0.25) is 0 Å². The van der Waals surface area contributed by atoms with Gasteiger partial charge in [0, 0.05) is 24.8 Å². The van der Waals surface area contributed by atoms with Gasteiger partial charge in [-0.2, -0.15) is 0 Å². The van der Waals surface area contributed by atoms with Crippen LogP contribution >= 0.6 is 0 Å². The number of benzene rings is 2. The Morgan fingerprint density at radius 3 is 2.42 bits per heavy atom. The second-order valence-electron chi connectivity index (χ2n) is 6.95. The van der Waals surface area contributed by atoms with Crippen LogP contribution in [-0.2, 0) is 22.6 Å². The van der Waals surface area contributed by atoms with Crippen molar-refractivity contribution < 1.29 is 18.4 Å². The number of carbonyl (C=O) groups is 2. The number of hydrogen-bond acceptors (Lipinski definition) is 2. The molecule has 0 saturated carbocycles. The average molecular weight is 358 g/mol. The number of nitrogens with one attached hydrogen (secondary N) is 1. The molecule has 0 aromatic heterocycles. The number of hydrogen-bond donors (Lipinski definition) is 1. The predicted molar refractivity (Wildman–Crippen MR) is 94.3 cm³/mol. The van der Waals surface area contributed by atoms with Gasteiger partial charge in [-0.15, -0.1) is 0 Å². The van der Waals surface area contributed by atoms with Gasteiger partial charge < -0.3 is 10.2 Å². The number of halogens is 2. The Hall–Kier alpha value is -2.76. The lowest BCUT2D eigenvalue weighted by Gasteiger charge is -2.34. The molecule has 2 amide bonds. The Labute approximate surface area is 150 Å². The van der Waals surface area contributed by atoms with Crippen molar-refractivity contribution >= 4 is 17.5 Å². The smallest absolute Gasteiger partial charge is 0.239 e. The van der Waals surface area contributed by atoms with Crippen LogP contribution in [-0.4, -0.2) is 23.3 Å². The molecule has 6 heteroatoms. The first-order chi connectivity index (χ1) is 12.3. The van der Waals surface area contributed by atoms with Gasteiger partial charge >= 0.3 is 0 Å². The summed E-state index contributed by atoms with van der Waals surface area (Å²) in [6, 6.07) is 11.0. The van der Waals surface area contributed by atoms with Crippen molar-refractivity contribution in [1.82, 2.24) is 4.90 Å². The molecule has 3 rings (SSSR count). The molecule has 2 aromatic carbocycles. The van der Waals surface area contributed by atoms with Crippen LogP contribution in [0.1, 0.15) is 25.0 Å². The molecule has 0 radical (unpaired) electrons.